The van der Waals surface area contributed by atoms with E-state index in [2.05, 4.69) is 40.7 Å². The molecule has 4 rings (SSSR count). The van der Waals surface area contributed by atoms with Gasteiger partial charge in [-0.25, -0.2) is 0 Å². The maximum atomic E-state index is 6.21. The van der Waals surface area contributed by atoms with Crippen molar-refractivity contribution in [3.05, 3.63) is 11.6 Å². The van der Waals surface area contributed by atoms with Crippen LogP contribution in [-0.2, 0) is 4.74 Å². The molecular weight excluding hydrogens is 390 g/mol. The number of hydrogen-bond acceptors (Lipinski definition) is 2. The minimum atomic E-state index is 0.439. The Morgan fingerprint density at radius 3 is 2.56 bits per heavy atom. The molecule has 0 bridgehead atoms. The fraction of sp³-hybridized carbons (Fsp3) is 0.933. The van der Waals surface area contributed by atoms with E-state index in [0.29, 0.717) is 16.9 Å². The van der Waals surface area contributed by atoms with E-state index in [4.69, 9.17) is 10.5 Å². The Kier molecular flexibility index (Phi) is 7.82. The lowest BCUT2D eigenvalue weighted by molar-refractivity contribution is -0.0639. The molecule has 0 saturated heterocycles. The van der Waals surface area contributed by atoms with Crippen molar-refractivity contribution < 1.29 is 4.74 Å². The summed E-state index contributed by atoms with van der Waals surface area (Å²) in [5, 5.41) is 0. The third-order valence-corrected chi connectivity index (χ3v) is 11.0. The summed E-state index contributed by atoms with van der Waals surface area (Å²) in [6.07, 6.45) is 19.5. The highest BCUT2D eigenvalue weighted by molar-refractivity contribution is 5.25. The Morgan fingerprint density at radius 1 is 1.00 bits per heavy atom. The standard InChI is InChI=1S/C30H53NO/c1-21(2)8-6-9-22(3)26-12-13-27-25-11-10-23-20-24(32-19-7-18-31)14-16-29(23,4)28(25)15-17-30(26,27)5/h10,21-22,24-28H,6-9,11-20,31H2,1-5H3/t22-,24+,25?,26?,27?,28?,29+,30-/m1/s1. The molecule has 32 heavy (non-hydrogen) atoms. The van der Waals surface area contributed by atoms with Gasteiger partial charge >= 0.3 is 0 Å². The van der Waals surface area contributed by atoms with Crippen LogP contribution in [0.15, 0.2) is 11.6 Å². The molecular formula is C30H53NO. The number of ether oxygens (including phenoxy) is 1. The highest BCUT2D eigenvalue weighted by atomic mass is 16.5. The molecule has 0 aromatic carbocycles. The van der Waals surface area contributed by atoms with Crippen LogP contribution in [-0.4, -0.2) is 19.3 Å². The van der Waals surface area contributed by atoms with Crippen molar-refractivity contribution in [3.63, 3.8) is 0 Å². The first-order valence-corrected chi connectivity index (χ1v) is 14.3. The van der Waals surface area contributed by atoms with Gasteiger partial charge in [-0.05, 0) is 111 Å². The Hall–Kier alpha value is -0.340. The van der Waals surface area contributed by atoms with Gasteiger partial charge in [0.1, 0.15) is 0 Å². The van der Waals surface area contributed by atoms with Crippen LogP contribution in [0, 0.1) is 46.3 Å². The average molecular weight is 444 g/mol. The third-order valence-electron chi connectivity index (χ3n) is 11.0. The summed E-state index contributed by atoms with van der Waals surface area (Å²) in [5.74, 6) is 5.55. The zero-order valence-electron chi connectivity index (χ0n) is 22.0. The Bertz CT molecular complexity index is 655. The van der Waals surface area contributed by atoms with E-state index in [1.54, 1.807) is 5.57 Å². The second-order valence-electron chi connectivity index (χ2n) is 13.2. The molecule has 3 fully saturated rings. The normalized spacial score (nSPS) is 42.2. The Labute approximate surface area is 199 Å². The van der Waals surface area contributed by atoms with Gasteiger partial charge in [-0.3, -0.25) is 0 Å². The molecule has 184 valence electrons. The van der Waals surface area contributed by atoms with E-state index in [1.807, 2.05) is 0 Å². The topological polar surface area (TPSA) is 35.2 Å². The van der Waals surface area contributed by atoms with Crippen molar-refractivity contribution in [1.82, 2.24) is 0 Å². The Balaban J connectivity index is 1.42. The first kappa shape index (κ1) is 24.8. The molecule has 0 amide bonds. The smallest absolute Gasteiger partial charge is 0.0612 e. The summed E-state index contributed by atoms with van der Waals surface area (Å²) in [5.41, 5.74) is 8.47. The lowest BCUT2D eigenvalue weighted by atomic mass is 9.47. The molecule has 3 saturated carbocycles. The average Bonchev–Trinajstić information content (AvgIpc) is 3.11. The maximum Gasteiger partial charge on any atom is 0.0612 e. The molecule has 0 radical (unpaired) electrons. The number of allylic oxidation sites excluding steroid dienone is 1. The van der Waals surface area contributed by atoms with E-state index in [0.717, 1.165) is 55.1 Å². The Morgan fingerprint density at radius 2 is 1.81 bits per heavy atom. The summed E-state index contributed by atoms with van der Waals surface area (Å²) in [4.78, 5) is 0. The molecule has 4 aliphatic rings. The largest absolute Gasteiger partial charge is 0.378 e. The van der Waals surface area contributed by atoms with Crippen molar-refractivity contribution >= 4 is 0 Å². The van der Waals surface area contributed by atoms with Crippen molar-refractivity contribution in [1.29, 1.82) is 0 Å². The quantitative estimate of drug-likeness (QED) is 0.292. The first-order valence-electron chi connectivity index (χ1n) is 14.3. The van der Waals surface area contributed by atoms with Gasteiger partial charge in [0.15, 0.2) is 0 Å². The van der Waals surface area contributed by atoms with Gasteiger partial charge < -0.3 is 10.5 Å². The van der Waals surface area contributed by atoms with Crippen molar-refractivity contribution in [3.8, 4) is 0 Å². The van der Waals surface area contributed by atoms with Crippen molar-refractivity contribution in [2.24, 2.45) is 52.1 Å². The third kappa shape index (κ3) is 4.61. The fourth-order valence-electron chi connectivity index (χ4n) is 9.13. The van der Waals surface area contributed by atoms with Crippen LogP contribution in [0.2, 0.25) is 0 Å². The van der Waals surface area contributed by atoms with E-state index < -0.39 is 0 Å². The number of rotatable bonds is 9. The van der Waals surface area contributed by atoms with Crippen LogP contribution >= 0.6 is 0 Å². The highest BCUT2D eigenvalue weighted by Crippen LogP contribution is 2.67. The molecule has 0 aromatic rings. The first-order chi connectivity index (χ1) is 15.3. The molecule has 4 unspecified atom stereocenters. The molecule has 4 aliphatic carbocycles. The zero-order valence-corrected chi connectivity index (χ0v) is 22.0. The van der Waals surface area contributed by atoms with Crippen LogP contribution < -0.4 is 5.73 Å². The van der Waals surface area contributed by atoms with Gasteiger partial charge in [0, 0.05) is 6.61 Å². The highest BCUT2D eigenvalue weighted by Gasteiger charge is 2.59. The van der Waals surface area contributed by atoms with Gasteiger partial charge in [0.05, 0.1) is 6.10 Å². The van der Waals surface area contributed by atoms with E-state index in [1.165, 1.54) is 70.6 Å². The van der Waals surface area contributed by atoms with E-state index >= 15 is 0 Å². The maximum absolute atomic E-state index is 6.21. The second-order valence-corrected chi connectivity index (χ2v) is 13.2. The SMILES string of the molecule is CC(C)CCC[C@@H](C)C1CCC2C3CC=C4C[C@@H](OCCCN)CC[C@]4(C)C3CC[C@@]21C. The summed E-state index contributed by atoms with van der Waals surface area (Å²) < 4.78 is 6.21. The van der Waals surface area contributed by atoms with Gasteiger partial charge in [-0.15, -0.1) is 0 Å². The van der Waals surface area contributed by atoms with E-state index in [-0.39, 0.29) is 0 Å². The monoisotopic (exact) mass is 443 g/mol. The summed E-state index contributed by atoms with van der Waals surface area (Å²) in [6, 6.07) is 0. The predicted molar refractivity (Wildman–Crippen MR) is 136 cm³/mol. The molecule has 0 aromatic heterocycles. The minimum Gasteiger partial charge on any atom is -0.378 e. The van der Waals surface area contributed by atoms with Crippen LogP contribution in [0.1, 0.15) is 112 Å². The second kappa shape index (κ2) is 10.1. The number of hydrogen-bond donors (Lipinski definition) is 1. The van der Waals surface area contributed by atoms with E-state index in [9.17, 15) is 0 Å². The molecule has 2 nitrogen and oxygen atoms in total. The number of nitrogens with two attached hydrogens (primary N) is 1. The summed E-state index contributed by atoms with van der Waals surface area (Å²) >= 11 is 0. The molecule has 2 heteroatoms. The zero-order chi connectivity index (χ0) is 22.9. The van der Waals surface area contributed by atoms with Gasteiger partial charge in [0.2, 0.25) is 0 Å². The molecule has 2 N–H and O–H groups in total. The summed E-state index contributed by atoms with van der Waals surface area (Å²) in [7, 11) is 0. The van der Waals surface area contributed by atoms with Crippen molar-refractivity contribution in [2.75, 3.05) is 13.2 Å². The van der Waals surface area contributed by atoms with Crippen LogP contribution in [0.25, 0.3) is 0 Å². The number of fused-ring (bicyclic) bond motifs is 5. The molecule has 0 heterocycles. The molecule has 0 spiro atoms. The van der Waals surface area contributed by atoms with Crippen LogP contribution in [0.3, 0.4) is 0 Å². The minimum absolute atomic E-state index is 0.439. The lowest BCUT2D eigenvalue weighted by Crippen LogP contribution is -2.51. The van der Waals surface area contributed by atoms with Crippen LogP contribution in [0.5, 0.6) is 0 Å². The predicted octanol–water partition coefficient (Wildman–Crippen LogP) is 7.76. The lowest BCUT2D eigenvalue weighted by Gasteiger charge is -2.58. The van der Waals surface area contributed by atoms with Crippen LogP contribution in [0.4, 0.5) is 0 Å². The van der Waals surface area contributed by atoms with Gasteiger partial charge in [0.25, 0.3) is 0 Å². The van der Waals surface area contributed by atoms with Crippen molar-refractivity contribution in [2.45, 2.75) is 118 Å². The molecule has 0 aliphatic heterocycles. The van der Waals surface area contributed by atoms with Gasteiger partial charge in [-0.1, -0.05) is 65.5 Å². The molecule has 8 atom stereocenters. The fourth-order valence-corrected chi connectivity index (χ4v) is 9.13. The summed E-state index contributed by atoms with van der Waals surface area (Å²) in [6.45, 7) is 14.3. The van der Waals surface area contributed by atoms with Gasteiger partial charge in [-0.2, -0.15) is 0 Å².